The van der Waals surface area contributed by atoms with Crippen LogP contribution in [0.4, 0.5) is 10.5 Å². The van der Waals surface area contributed by atoms with Crippen molar-refractivity contribution in [3.63, 3.8) is 0 Å². The van der Waals surface area contributed by atoms with E-state index in [0.29, 0.717) is 18.1 Å². The standard InChI is InChI=1S/C22H17N3O8/c1-2-31-13-5-7-16(18(11-13)25(29)30)19-8-6-14(33-19)10-17-20(26)23-22(28)24(21(17)27)12-15-4-3-9-32-15/h3-11H,2,12H2,1H3,(H,23,26,28)/b17-10+. The third-order valence-electron chi connectivity index (χ3n) is 4.74. The number of furan rings is 2. The molecule has 0 saturated carbocycles. The van der Waals surface area contributed by atoms with Gasteiger partial charge in [0.25, 0.3) is 17.5 Å². The number of nitro groups is 1. The summed E-state index contributed by atoms with van der Waals surface area (Å²) in [6.07, 6.45) is 2.57. The number of nitro benzene ring substituents is 1. The number of hydrogen-bond acceptors (Lipinski definition) is 8. The first-order valence-electron chi connectivity index (χ1n) is 9.80. The summed E-state index contributed by atoms with van der Waals surface area (Å²) in [5, 5.41) is 13.6. The molecule has 1 aliphatic rings. The fourth-order valence-corrected chi connectivity index (χ4v) is 3.24. The number of imide groups is 2. The molecule has 4 rings (SSSR count). The Bertz CT molecular complexity index is 1270. The maximum absolute atomic E-state index is 12.8. The van der Waals surface area contributed by atoms with E-state index in [0.717, 1.165) is 4.90 Å². The Morgan fingerprint density at radius 3 is 2.70 bits per heavy atom. The molecular formula is C22H17N3O8. The van der Waals surface area contributed by atoms with E-state index in [1.54, 1.807) is 25.1 Å². The van der Waals surface area contributed by atoms with Crippen LogP contribution in [-0.2, 0) is 16.1 Å². The summed E-state index contributed by atoms with van der Waals surface area (Å²) in [6, 6.07) is 9.60. The number of nitrogens with one attached hydrogen (secondary N) is 1. The highest BCUT2D eigenvalue weighted by atomic mass is 16.6. The predicted molar refractivity (Wildman–Crippen MR) is 113 cm³/mol. The van der Waals surface area contributed by atoms with Crippen LogP contribution in [-0.4, -0.2) is 34.3 Å². The van der Waals surface area contributed by atoms with Gasteiger partial charge in [0.2, 0.25) is 0 Å². The zero-order valence-electron chi connectivity index (χ0n) is 17.3. The lowest BCUT2D eigenvalue weighted by Gasteiger charge is -2.25. The van der Waals surface area contributed by atoms with Crippen molar-refractivity contribution in [1.29, 1.82) is 0 Å². The van der Waals surface area contributed by atoms with Gasteiger partial charge in [-0.1, -0.05) is 0 Å². The van der Waals surface area contributed by atoms with Crippen molar-refractivity contribution in [2.45, 2.75) is 13.5 Å². The molecule has 0 aliphatic carbocycles. The van der Waals surface area contributed by atoms with Crippen LogP contribution in [0, 0.1) is 10.1 Å². The summed E-state index contributed by atoms with van der Waals surface area (Å²) in [5.74, 6) is -0.762. The maximum Gasteiger partial charge on any atom is 0.331 e. The van der Waals surface area contributed by atoms with Gasteiger partial charge in [-0.2, -0.15) is 0 Å². The number of benzene rings is 1. The van der Waals surface area contributed by atoms with Crippen LogP contribution in [0.3, 0.4) is 0 Å². The largest absolute Gasteiger partial charge is 0.494 e. The van der Waals surface area contributed by atoms with E-state index in [1.807, 2.05) is 0 Å². The van der Waals surface area contributed by atoms with Crippen molar-refractivity contribution < 1.29 is 32.9 Å². The molecule has 0 bridgehead atoms. The first kappa shape index (κ1) is 21.6. The molecule has 168 valence electrons. The van der Waals surface area contributed by atoms with Crippen molar-refractivity contribution in [2.24, 2.45) is 0 Å². The zero-order valence-corrected chi connectivity index (χ0v) is 17.3. The van der Waals surface area contributed by atoms with Crippen LogP contribution in [0.15, 0.2) is 63.1 Å². The maximum atomic E-state index is 12.8. The van der Waals surface area contributed by atoms with Gasteiger partial charge in [-0.15, -0.1) is 0 Å². The van der Waals surface area contributed by atoms with Gasteiger partial charge >= 0.3 is 6.03 Å². The molecule has 0 spiro atoms. The zero-order chi connectivity index (χ0) is 23.5. The number of nitrogens with zero attached hydrogens (tertiary/aromatic N) is 2. The molecule has 11 nitrogen and oxygen atoms in total. The number of carbonyl (C=O) groups excluding carboxylic acids is 3. The van der Waals surface area contributed by atoms with E-state index in [9.17, 15) is 24.5 Å². The van der Waals surface area contributed by atoms with Crippen molar-refractivity contribution in [1.82, 2.24) is 10.2 Å². The SMILES string of the molecule is CCOc1ccc(-c2ccc(/C=C3\C(=O)NC(=O)N(Cc4ccco4)C3=O)o2)c([N+](=O)[O-])c1. The lowest BCUT2D eigenvalue weighted by atomic mass is 10.1. The second-order valence-electron chi connectivity index (χ2n) is 6.86. The summed E-state index contributed by atoms with van der Waals surface area (Å²) in [6.45, 7) is 1.95. The normalized spacial score (nSPS) is 15.1. The Kier molecular flexibility index (Phi) is 5.77. The Hall–Kier alpha value is -4.67. The molecule has 0 radical (unpaired) electrons. The molecular weight excluding hydrogens is 434 g/mol. The summed E-state index contributed by atoms with van der Waals surface area (Å²) in [5.41, 5.74) is -0.360. The van der Waals surface area contributed by atoms with Crippen molar-refractivity contribution in [2.75, 3.05) is 6.61 Å². The predicted octanol–water partition coefficient (Wildman–Crippen LogP) is 3.51. The van der Waals surface area contributed by atoms with Gasteiger partial charge in [0, 0.05) is 0 Å². The van der Waals surface area contributed by atoms with E-state index in [-0.39, 0.29) is 34.9 Å². The van der Waals surface area contributed by atoms with Crippen LogP contribution < -0.4 is 10.1 Å². The van der Waals surface area contributed by atoms with Gasteiger partial charge in [-0.3, -0.25) is 29.9 Å². The molecule has 33 heavy (non-hydrogen) atoms. The number of hydrogen-bond donors (Lipinski definition) is 1. The van der Waals surface area contributed by atoms with Gasteiger partial charge in [0.1, 0.15) is 28.6 Å². The summed E-state index contributed by atoms with van der Waals surface area (Å²) < 4.78 is 16.1. The van der Waals surface area contributed by atoms with Gasteiger partial charge in [-0.05, 0) is 49.4 Å². The molecule has 2 aromatic heterocycles. The minimum atomic E-state index is -0.884. The first-order chi connectivity index (χ1) is 15.9. The van der Waals surface area contributed by atoms with Crippen LogP contribution in [0.25, 0.3) is 17.4 Å². The summed E-state index contributed by atoms with van der Waals surface area (Å²) in [4.78, 5) is 48.9. The highest BCUT2D eigenvalue weighted by Crippen LogP contribution is 2.34. The Morgan fingerprint density at radius 1 is 1.18 bits per heavy atom. The molecule has 3 heterocycles. The Morgan fingerprint density at radius 2 is 2.00 bits per heavy atom. The highest BCUT2D eigenvalue weighted by Gasteiger charge is 2.36. The topological polar surface area (TPSA) is 145 Å². The van der Waals surface area contributed by atoms with E-state index in [4.69, 9.17) is 13.6 Å². The minimum absolute atomic E-state index is 0.0963. The second kappa shape index (κ2) is 8.83. The second-order valence-corrected chi connectivity index (χ2v) is 6.86. The molecule has 1 N–H and O–H groups in total. The number of urea groups is 1. The average molecular weight is 451 g/mol. The third-order valence-corrected chi connectivity index (χ3v) is 4.74. The van der Waals surface area contributed by atoms with Crippen molar-refractivity contribution in [3.8, 4) is 17.1 Å². The Balaban J connectivity index is 1.64. The smallest absolute Gasteiger partial charge is 0.331 e. The molecule has 0 unspecified atom stereocenters. The van der Waals surface area contributed by atoms with Crippen LogP contribution in [0.5, 0.6) is 5.75 Å². The Labute approximate surface area is 186 Å². The van der Waals surface area contributed by atoms with E-state index in [1.165, 1.54) is 36.6 Å². The molecule has 11 heteroatoms. The molecule has 1 aliphatic heterocycles. The molecule has 0 atom stereocenters. The average Bonchev–Trinajstić information content (AvgIpc) is 3.46. The van der Waals surface area contributed by atoms with Crippen molar-refractivity contribution in [3.05, 3.63) is 75.9 Å². The number of ether oxygens (including phenoxy) is 1. The lowest BCUT2D eigenvalue weighted by molar-refractivity contribution is -0.384. The number of amides is 4. The van der Waals surface area contributed by atoms with E-state index < -0.39 is 22.8 Å². The van der Waals surface area contributed by atoms with Crippen molar-refractivity contribution >= 4 is 29.6 Å². The number of rotatable bonds is 7. The number of carbonyl (C=O) groups is 3. The van der Waals surface area contributed by atoms with Crippen LogP contribution >= 0.6 is 0 Å². The number of barbiturate groups is 1. The van der Waals surface area contributed by atoms with E-state index in [2.05, 4.69) is 5.32 Å². The molecule has 1 aromatic carbocycles. The van der Waals surface area contributed by atoms with Crippen LogP contribution in [0.2, 0.25) is 0 Å². The monoisotopic (exact) mass is 451 g/mol. The summed E-state index contributed by atoms with van der Waals surface area (Å²) in [7, 11) is 0. The van der Waals surface area contributed by atoms with E-state index >= 15 is 0 Å². The van der Waals surface area contributed by atoms with Gasteiger partial charge in [-0.25, -0.2) is 4.79 Å². The molecule has 3 aromatic rings. The lowest BCUT2D eigenvalue weighted by Crippen LogP contribution is -2.53. The van der Waals surface area contributed by atoms with Gasteiger partial charge in [0.05, 0.1) is 36.0 Å². The fraction of sp³-hybridized carbons (Fsp3) is 0.136. The minimum Gasteiger partial charge on any atom is -0.494 e. The van der Waals surface area contributed by atoms with Gasteiger partial charge < -0.3 is 13.6 Å². The van der Waals surface area contributed by atoms with Gasteiger partial charge in [0.15, 0.2) is 0 Å². The molecule has 1 saturated heterocycles. The fourth-order valence-electron chi connectivity index (χ4n) is 3.24. The molecule has 4 amide bonds. The quantitative estimate of drug-likeness (QED) is 0.249. The first-order valence-corrected chi connectivity index (χ1v) is 9.80. The summed E-state index contributed by atoms with van der Waals surface area (Å²) >= 11 is 0. The third kappa shape index (κ3) is 4.37. The van der Waals surface area contributed by atoms with Crippen LogP contribution in [0.1, 0.15) is 18.4 Å². The highest BCUT2D eigenvalue weighted by molar-refractivity contribution is 6.30. The molecule has 1 fully saturated rings.